The Kier molecular flexibility index (Phi) is 6.88. The van der Waals surface area contributed by atoms with Crippen LogP contribution in [0.15, 0.2) is 61.1 Å². The van der Waals surface area contributed by atoms with Gasteiger partial charge in [0.25, 0.3) is 0 Å². The lowest BCUT2D eigenvalue weighted by atomic mass is 9.83. The normalized spacial score (nSPS) is 21.0. The van der Waals surface area contributed by atoms with Gasteiger partial charge in [-0.15, -0.1) is 0 Å². The van der Waals surface area contributed by atoms with Gasteiger partial charge in [-0.1, -0.05) is 42.8 Å². The van der Waals surface area contributed by atoms with E-state index in [4.69, 9.17) is 21.3 Å². The summed E-state index contributed by atoms with van der Waals surface area (Å²) in [5, 5.41) is 0.713. The molecule has 0 N–H and O–H groups in total. The lowest BCUT2D eigenvalue weighted by Gasteiger charge is -2.40. The van der Waals surface area contributed by atoms with Crippen LogP contribution in [0.3, 0.4) is 0 Å². The van der Waals surface area contributed by atoms with E-state index in [1.165, 1.54) is 11.1 Å². The van der Waals surface area contributed by atoms with Gasteiger partial charge in [0.05, 0.1) is 25.2 Å². The molecule has 3 aromatic rings. The SMILES string of the molecule is CCc1ccc(C2CC(c3cn(-c4ccc(Cl)cc4)cn3)CN(C(=O)N3CCOCC3)C2)cc1. The van der Waals surface area contributed by atoms with E-state index < -0.39 is 0 Å². The third-order valence-electron chi connectivity index (χ3n) is 7.01. The number of nitrogens with zero attached hydrogens (tertiary/aromatic N) is 4. The molecule has 0 radical (unpaired) electrons. The second-order valence-corrected chi connectivity index (χ2v) is 9.63. The largest absolute Gasteiger partial charge is 0.378 e. The Balaban J connectivity index is 1.40. The summed E-state index contributed by atoms with van der Waals surface area (Å²) in [7, 11) is 0. The van der Waals surface area contributed by atoms with E-state index >= 15 is 0 Å². The van der Waals surface area contributed by atoms with Crippen molar-refractivity contribution in [3.63, 3.8) is 0 Å². The zero-order valence-corrected chi connectivity index (χ0v) is 20.3. The predicted molar refractivity (Wildman–Crippen MR) is 134 cm³/mol. The number of carbonyl (C=O) groups excluding carboxylic acids is 1. The molecular formula is C27H31ClN4O2. The molecule has 2 aromatic carbocycles. The number of carbonyl (C=O) groups is 1. The Bertz CT molecular complexity index is 1110. The molecule has 2 amide bonds. The van der Waals surface area contributed by atoms with Crippen LogP contribution < -0.4 is 0 Å². The zero-order valence-electron chi connectivity index (χ0n) is 19.6. The number of aryl methyl sites for hydroxylation is 1. The van der Waals surface area contributed by atoms with E-state index in [2.05, 4.69) is 37.4 Å². The van der Waals surface area contributed by atoms with E-state index in [9.17, 15) is 4.79 Å². The maximum absolute atomic E-state index is 13.4. The van der Waals surface area contributed by atoms with Gasteiger partial charge in [0.2, 0.25) is 0 Å². The Hall–Kier alpha value is -2.83. The summed E-state index contributed by atoms with van der Waals surface area (Å²) >= 11 is 6.05. The molecule has 5 rings (SSSR count). The van der Waals surface area contributed by atoms with E-state index in [1.54, 1.807) is 0 Å². The summed E-state index contributed by atoms with van der Waals surface area (Å²) in [5.74, 6) is 0.443. The average molecular weight is 479 g/mol. The van der Waals surface area contributed by atoms with Crippen molar-refractivity contribution in [2.75, 3.05) is 39.4 Å². The third-order valence-corrected chi connectivity index (χ3v) is 7.26. The second-order valence-electron chi connectivity index (χ2n) is 9.19. The molecule has 6 nitrogen and oxygen atoms in total. The van der Waals surface area contributed by atoms with Crippen LogP contribution in [0.2, 0.25) is 5.02 Å². The predicted octanol–water partition coefficient (Wildman–Crippen LogP) is 5.11. The monoisotopic (exact) mass is 478 g/mol. The summed E-state index contributed by atoms with van der Waals surface area (Å²) in [6.45, 7) is 6.10. The van der Waals surface area contributed by atoms with Gasteiger partial charge in [-0.3, -0.25) is 0 Å². The summed E-state index contributed by atoms with van der Waals surface area (Å²) < 4.78 is 7.49. The van der Waals surface area contributed by atoms with Crippen LogP contribution in [0.25, 0.3) is 5.69 Å². The Morgan fingerprint density at radius 2 is 1.71 bits per heavy atom. The van der Waals surface area contributed by atoms with Gasteiger partial charge in [-0.05, 0) is 48.2 Å². The average Bonchev–Trinajstić information content (AvgIpc) is 3.39. The first-order valence-corrected chi connectivity index (χ1v) is 12.5. The molecule has 0 saturated carbocycles. The summed E-state index contributed by atoms with van der Waals surface area (Å²) in [6, 6.07) is 16.7. The quantitative estimate of drug-likeness (QED) is 0.523. The molecule has 2 atom stereocenters. The lowest BCUT2D eigenvalue weighted by Crippen LogP contribution is -2.52. The molecule has 2 fully saturated rings. The number of benzene rings is 2. The van der Waals surface area contributed by atoms with Crippen LogP contribution in [0.5, 0.6) is 0 Å². The van der Waals surface area contributed by atoms with E-state index in [0.717, 1.165) is 30.8 Å². The molecule has 178 valence electrons. The zero-order chi connectivity index (χ0) is 23.5. The first-order valence-electron chi connectivity index (χ1n) is 12.1. The van der Waals surface area contributed by atoms with Crippen LogP contribution in [-0.4, -0.2) is 64.8 Å². The number of likely N-dealkylation sites (tertiary alicyclic amines) is 1. The van der Waals surface area contributed by atoms with Gasteiger partial charge in [0.15, 0.2) is 0 Å². The van der Waals surface area contributed by atoms with Gasteiger partial charge >= 0.3 is 6.03 Å². The van der Waals surface area contributed by atoms with Crippen molar-refractivity contribution in [1.29, 1.82) is 0 Å². The molecule has 7 heteroatoms. The van der Waals surface area contributed by atoms with Crippen LogP contribution in [0.1, 0.15) is 42.0 Å². The van der Waals surface area contributed by atoms with Gasteiger partial charge in [-0.2, -0.15) is 0 Å². The molecule has 2 aliphatic rings. The topological polar surface area (TPSA) is 50.6 Å². The third kappa shape index (κ3) is 4.98. The molecule has 3 heterocycles. The number of ether oxygens (including phenoxy) is 1. The molecule has 2 saturated heterocycles. The molecular weight excluding hydrogens is 448 g/mol. The first-order chi connectivity index (χ1) is 16.6. The minimum Gasteiger partial charge on any atom is -0.378 e. The minimum absolute atomic E-state index is 0.111. The number of imidazole rings is 1. The maximum atomic E-state index is 13.4. The summed E-state index contributed by atoms with van der Waals surface area (Å²) in [5.41, 5.74) is 4.66. The van der Waals surface area contributed by atoms with Gasteiger partial charge in [-0.25, -0.2) is 9.78 Å². The Morgan fingerprint density at radius 1 is 1.00 bits per heavy atom. The number of aromatic nitrogens is 2. The van der Waals surface area contributed by atoms with Crippen LogP contribution in [-0.2, 0) is 11.2 Å². The maximum Gasteiger partial charge on any atom is 0.320 e. The van der Waals surface area contributed by atoms with Crippen molar-refractivity contribution in [2.45, 2.75) is 31.6 Å². The van der Waals surface area contributed by atoms with Crippen LogP contribution in [0, 0.1) is 0 Å². The number of halogens is 1. The van der Waals surface area contributed by atoms with Crippen molar-refractivity contribution >= 4 is 17.6 Å². The molecule has 0 spiro atoms. The number of rotatable bonds is 4. The van der Waals surface area contributed by atoms with Gasteiger partial charge in [0.1, 0.15) is 0 Å². The highest BCUT2D eigenvalue weighted by Gasteiger charge is 2.35. The minimum atomic E-state index is 0.111. The summed E-state index contributed by atoms with van der Waals surface area (Å²) in [4.78, 5) is 22.1. The Labute approximate surface area is 206 Å². The number of hydrogen-bond donors (Lipinski definition) is 0. The highest BCUT2D eigenvalue weighted by molar-refractivity contribution is 6.30. The number of hydrogen-bond acceptors (Lipinski definition) is 3. The molecule has 2 aliphatic heterocycles. The van der Waals surface area contributed by atoms with Gasteiger partial charge < -0.3 is 19.1 Å². The fourth-order valence-corrected chi connectivity index (χ4v) is 5.12. The standard InChI is InChI=1S/C27H31ClN4O2/c1-2-20-3-5-21(6-4-20)22-15-23(17-31(16-22)27(33)30-11-13-34-14-12-30)26-18-32(19-29-26)25-9-7-24(28)8-10-25/h3-10,18-19,22-23H,2,11-17H2,1H3. The number of amides is 2. The highest BCUT2D eigenvalue weighted by Crippen LogP contribution is 2.36. The molecule has 1 aromatic heterocycles. The molecule has 0 bridgehead atoms. The summed E-state index contributed by atoms with van der Waals surface area (Å²) in [6.07, 6.45) is 5.94. The van der Waals surface area contributed by atoms with Gasteiger partial charge in [0, 0.05) is 54.9 Å². The van der Waals surface area contributed by atoms with Crippen molar-refractivity contribution in [3.05, 3.63) is 82.9 Å². The fraction of sp³-hybridized carbons (Fsp3) is 0.407. The number of urea groups is 1. The first kappa shape index (κ1) is 22.9. The molecule has 0 aliphatic carbocycles. The van der Waals surface area contributed by atoms with E-state index in [0.29, 0.717) is 37.9 Å². The lowest BCUT2D eigenvalue weighted by molar-refractivity contribution is 0.0398. The molecule has 34 heavy (non-hydrogen) atoms. The van der Waals surface area contributed by atoms with Crippen molar-refractivity contribution < 1.29 is 9.53 Å². The van der Waals surface area contributed by atoms with Crippen molar-refractivity contribution in [1.82, 2.24) is 19.4 Å². The van der Waals surface area contributed by atoms with E-state index in [-0.39, 0.29) is 17.9 Å². The van der Waals surface area contributed by atoms with Crippen LogP contribution >= 0.6 is 11.6 Å². The Morgan fingerprint density at radius 3 is 2.41 bits per heavy atom. The van der Waals surface area contributed by atoms with Crippen molar-refractivity contribution in [3.8, 4) is 5.69 Å². The number of morpholine rings is 1. The number of piperidine rings is 1. The smallest absolute Gasteiger partial charge is 0.320 e. The van der Waals surface area contributed by atoms with Crippen LogP contribution in [0.4, 0.5) is 4.79 Å². The highest BCUT2D eigenvalue weighted by atomic mass is 35.5. The molecule has 2 unspecified atom stereocenters. The second kappa shape index (κ2) is 10.2. The van der Waals surface area contributed by atoms with Crippen molar-refractivity contribution in [2.24, 2.45) is 0 Å². The van der Waals surface area contributed by atoms with E-state index in [1.807, 2.05) is 45.0 Å². The fourth-order valence-electron chi connectivity index (χ4n) is 4.99.